The van der Waals surface area contributed by atoms with Crippen molar-refractivity contribution in [2.45, 2.75) is 33.2 Å². The molecular weight excluding hydrogens is 206 g/mol. The predicted molar refractivity (Wildman–Crippen MR) is 67.1 cm³/mol. The molecule has 2 N–H and O–H groups in total. The van der Waals surface area contributed by atoms with Crippen LogP contribution in [0, 0.1) is 11.8 Å². The number of hydrogen-bond donors (Lipinski definition) is 1. The second-order valence-corrected chi connectivity index (χ2v) is 4.97. The van der Waals surface area contributed by atoms with E-state index in [0.717, 1.165) is 17.0 Å². The maximum Gasteiger partial charge on any atom is 0.0438 e. The van der Waals surface area contributed by atoms with Crippen molar-refractivity contribution < 1.29 is 0 Å². The van der Waals surface area contributed by atoms with Crippen molar-refractivity contribution in [3.63, 3.8) is 0 Å². The summed E-state index contributed by atoms with van der Waals surface area (Å²) in [6, 6.07) is 8.11. The van der Waals surface area contributed by atoms with Gasteiger partial charge in [-0.2, -0.15) is 0 Å². The van der Waals surface area contributed by atoms with Crippen molar-refractivity contribution in [3.05, 3.63) is 34.9 Å². The second-order valence-electron chi connectivity index (χ2n) is 4.56. The topological polar surface area (TPSA) is 26.0 Å². The Morgan fingerprint density at radius 3 is 2.33 bits per heavy atom. The minimum Gasteiger partial charge on any atom is -0.327 e. The van der Waals surface area contributed by atoms with Crippen molar-refractivity contribution in [2.75, 3.05) is 0 Å². The van der Waals surface area contributed by atoms with Crippen LogP contribution in [0.5, 0.6) is 0 Å². The van der Waals surface area contributed by atoms with Gasteiger partial charge in [0.05, 0.1) is 0 Å². The molecular formula is C13H20ClN. The van der Waals surface area contributed by atoms with Gasteiger partial charge in [0.25, 0.3) is 0 Å². The molecule has 0 aliphatic rings. The molecule has 0 aromatic heterocycles. The zero-order valence-corrected chi connectivity index (χ0v) is 10.5. The second kappa shape index (κ2) is 5.53. The van der Waals surface area contributed by atoms with E-state index in [1.54, 1.807) is 0 Å². The van der Waals surface area contributed by atoms with Gasteiger partial charge in [0.1, 0.15) is 0 Å². The first-order valence-electron chi connectivity index (χ1n) is 5.51. The molecule has 0 aliphatic carbocycles. The first-order valence-corrected chi connectivity index (χ1v) is 5.89. The Kier molecular flexibility index (Phi) is 4.62. The molecule has 0 heterocycles. The van der Waals surface area contributed by atoms with Crippen LogP contribution in [0.3, 0.4) is 0 Å². The molecule has 0 radical (unpaired) electrons. The van der Waals surface area contributed by atoms with Crippen LogP contribution in [-0.2, 0) is 6.42 Å². The maximum absolute atomic E-state index is 6.16. The van der Waals surface area contributed by atoms with E-state index in [-0.39, 0.29) is 6.04 Å². The van der Waals surface area contributed by atoms with Crippen molar-refractivity contribution in [1.82, 2.24) is 0 Å². The summed E-state index contributed by atoms with van der Waals surface area (Å²) in [7, 11) is 0. The van der Waals surface area contributed by atoms with Crippen molar-refractivity contribution in [2.24, 2.45) is 17.6 Å². The molecule has 1 nitrogen and oxygen atoms in total. The lowest BCUT2D eigenvalue weighted by molar-refractivity contribution is 0.344. The van der Waals surface area contributed by atoms with Crippen LogP contribution in [-0.4, -0.2) is 6.04 Å². The average molecular weight is 226 g/mol. The van der Waals surface area contributed by atoms with Gasteiger partial charge in [-0.25, -0.2) is 0 Å². The molecule has 15 heavy (non-hydrogen) atoms. The summed E-state index contributed by atoms with van der Waals surface area (Å²) in [4.78, 5) is 0. The molecule has 2 atom stereocenters. The molecule has 2 heteroatoms. The summed E-state index contributed by atoms with van der Waals surface area (Å²) >= 11 is 6.10. The van der Waals surface area contributed by atoms with Gasteiger partial charge in [-0.05, 0) is 29.9 Å². The third-order valence-corrected chi connectivity index (χ3v) is 3.51. The minimum absolute atomic E-state index is 0.185. The lowest BCUT2D eigenvalue weighted by Gasteiger charge is -2.23. The summed E-state index contributed by atoms with van der Waals surface area (Å²) in [6.07, 6.45) is 0.860. The Bertz CT molecular complexity index is 309. The quantitative estimate of drug-likeness (QED) is 0.834. The first-order chi connectivity index (χ1) is 7.02. The molecule has 1 aromatic carbocycles. The molecule has 84 valence electrons. The van der Waals surface area contributed by atoms with E-state index in [0.29, 0.717) is 11.8 Å². The predicted octanol–water partition coefficient (Wildman–Crippen LogP) is 3.50. The van der Waals surface area contributed by atoms with E-state index in [1.165, 1.54) is 0 Å². The van der Waals surface area contributed by atoms with Crippen LogP contribution < -0.4 is 5.73 Å². The Morgan fingerprint density at radius 1 is 1.20 bits per heavy atom. The van der Waals surface area contributed by atoms with E-state index >= 15 is 0 Å². The largest absolute Gasteiger partial charge is 0.327 e. The molecule has 0 bridgehead atoms. The fraction of sp³-hybridized carbons (Fsp3) is 0.538. The molecule has 0 aliphatic heterocycles. The number of benzene rings is 1. The molecule has 0 amide bonds. The Balaban J connectivity index is 2.66. The summed E-state index contributed by atoms with van der Waals surface area (Å²) in [5.41, 5.74) is 7.31. The van der Waals surface area contributed by atoms with E-state index in [1.807, 2.05) is 18.2 Å². The SMILES string of the molecule is CC(C)C(C)C(N)Cc1ccccc1Cl. The molecule has 0 saturated heterocycles. The molecule has 1 aromatic rings. The Labute approximate surface area is 97.6 Å². The fourth-order valence-corrected chi connectivity index (χ4v) is 1.81. The van der Waals surface area contributed by atoms with Crippen LogP contribution in [0.25, 0.3) is 0 Å². The third kappa shape index (κ3) is 3.51. The Hall–Kier alpha value is -0.530. The lowest BCUT2D eigenvalue weighted by atomic mass is 9.87. The highest BCUT2D eigenvalue weighted by atomic mass is 35.5. The first kappa shape index (κ1) is 12.5. The lowest BCUT2D eigenvalue weighted by Crippen LogP contribution is -2.33. The van der Waals surface area contributed by atoms with E-state index in [2.05, 4.69) is 26.8 Å². The highest BCUT2D eigenvalue weighted by Crippen LogP contribution is 2.21. The van der Waals surface area contributed by atoms with E-state index in [9.17, 15) is 0 Å². The smallest absolute Gasteiger partial charge is 0.0438 e. The molecule has 2 unspecified atom stereocenters. The van der Waals surface area contributed by atoms with Gasteiger partial charge in [0.15, 0.2) is 0 Å². The number of halogens is 1. The van der Waals surface area contributed by atoms with Gasteiger partial charge in [-0.15, -0.1) is 0 Å². The summed E-state index contributed by atoms with van der Waals surface area (Å²) < 4.78 is 0. The summed E-state index contributed by atoms with van der Waals surface area (Å²) in [5.74, 6) is 1.13. The molecule has 0 saturated carbocycles. The van der Waals surface area contributed by atoms with Gasteiger partial charge in [0.2, 0.25) is 0 Å². The molecule has 0 spiro atoms. The standard InChI is InChI=1S/C13H20ClN/c1-9(2)10(3)13(15)8-11-6-4-5-7-12(11)14/h4-7,9-10,13H,8,15H2,1-3H3. The van der Waals surface area contributed by atoms with Crippen LogP contribution in [0.15, 0.2) is 24.3 Å². The van der Waals surface area contributed by atoms with Gasteiger partial charge < -0.3 is 5.73 Å². The van der Waals surface area contributed by atoms with Crippen LogP contribution in [0.2, 0.25) is 5.02 Å². The number of hydrogen-bond acceptors (Lipinski definition) is 1. The van der Waals surface area contributed by atoms with Gasteiger partial charge in [-0.3, -0.25) is 0 Å². The Morgan fingerprint density at radius 2 is 1.80 bits per heavy atom. The number of nitrogens with two attached hydrogens (primary N) is 1. The molecule has 0 fully saturated rings. The van der Waals surface area contributed by atoms with Crippen LogP contribution in [0.1, 0.15) is 26.3 Å². The normalized spacial score (nSPS) is 15.3. The van der Waals surface area contributed by atoms with Crippen LogP contribution >= 0.6 is 11.6 Å². The van der Waals surface area contributed by atoms with Gasteiger partial charge >= 0.3 is 0 Å². The number of rotatable bonds is 4. The third-order valence-electron chi connectivity index (χ3n) is 3.14. The maximum atomic E-state index is 6.16. The fourth-order valence-electron chi connectivity index (χ4n) is 1.60. The molecule has 1 rings (SSSR count). The van der Waals surface area contributed by atoms with Gasteiger partial charge in [0, 0.05) is 11.1 Å². The van der Waals surface area contributed by atoms with E-state index in [4.69, 9.17) is 17.3 Å². The van der Waals surface area contributed by atoms with Crippen LogP contribution in [0.4, 0.5) is 0 Å². The minimum atomic E-state index is 0.185. The van der Waals surface area contributed by atoms with Gasteiger partial charge in [-0.1, -0.05) is 50.6 Å². The highest BCUT2D eigenvalue weighted by Gasteiger charge is 2.17. The average Bonchev–Trinajstić information content (AvgIpc) is 2.20. The monoisotopic (exact) mass is 225 g/mol. The van der Waals surface area contributed by atoms with E-state index < -0.39 is 0 Å². The zero-order chi connectivity index (χ0) is 11.4. The zero-order valence-electron chi connectivity index (χ0n) is 9.70. The van der Waals surface area contributed by atoms with Crippen molar-refractivity contribution in [3.8, 4) is 0 Å². The summed E-state index contributed by atoms with van der Waals surface area (Å²) in [5, 5.41) is 0.823. The van der Waals surface area contributed by atoms with Crippen molar-refractivity contribution in [1.29, 1.82) is 0 Å². The highest BCUT2D eigenvalue weighted by molar-refractivity contribution is 6.31. The summed E-state index contributed by atoms with van der Waals surface area (Å²) in [6.45, 7) is 6.61. The van der Waals surface area contributed by atoms with Crippen molar-refractivity contribution >= 4 is 11.6 Å².